The Morgan fingerprint density at radius 2 is 1.74 bits per heavy atom. The van der Waals surface area contributed by atoms with Gasteiger partial charge in [0, 0.05) is 25.0 Å². The van der Waals surface area contributed by atoms with Crippen LogP contribution in [-0.4, -0.2) is 24.5 Å². The summed E-state index contributed by atoms with van der Waals surface area (Å²) in [6.45, 7) is 2.92. The monoisotopic (exact) mass is 336 g/mol. The van der Waals surface area contributed by atoms with Crippen molar-refractivity contribution < 1.29 is 4.79 Å². The summed E-state index contributed by atoms with van der Waals surface area (Å²) in [5.74, 6) is 0.819. The normalized spacial score (nSPS) is 25.7. The second kappa shape index (κ2) is 8.70. The number of rotatable bonds is 6. The van der Waals surface area contributed by atoms with Crippen molar-refractivity contribution in [1.29, 1.82) is 0 Å². The van der Waals surface area contributed by atoms with Gasteiger partial charge in [-0.1, -0.05) is 31.2 Å². The van der Waals surface area contributed by atoms with E-state index in [2.05, 4.69) is 41.8 Å². The van der Waals surface area contributed by atoms with Crippen molar-refractivity contribution in [2.45, 2.75) is 64.0 Å². The molecule has 0 radical (unpaired) electrons. The minimum absolute atomic E-state index is 0. The molecule has 0 aromatic heterocycles. The molecule has 2 bridgehead atoms. The van der Waals surface area contributed by atoms with Crippen LogP contribution in [0.1, 0.15) is 50.2 Å². The molecule has 2 N–H and O–H groups in total. The molecule has 1 aromatic rings. The number of halogens is 1. The van der Waals surface area contributed by atoms with Crippen LogP contribution in [0.2, 0.25) is 0 Å². The van der Waals surface area contributed by atoms with Crippen molar-refractivity contribution in [1.82, 2.24) is 10.6 Å². The maximum Gasteiger partial charge on any atom is 0.220 e. The Morgan fingerprint density at radius 1 is 1.13 bits per heavy atom. The van der Waals surface area contributed by atoms with E-state index in [4.69, 9.17) is 0 Å². The predicted octanol–water partition coefficient (Wildman–Crippen LogP) is 3.25. The molecule has 1 amide bonds. The molecule has 2 heterocycles. The number of hydrogen-bond donors (Lipinski definition) is 2. The molecule has 2 saturated heterocycles. The first kappa shape index (κ1) is 18.3. The number of fused-ring (bicyclic) bond motifs is 2. The quantitative estimate of drug-likeness (QED) is 0.837. The van der Waals surface area contributed by atoms with Crippen LogP contribution in [0.25, 0.3) is 0 Å². The molecule has 0 spiro atoms. The molecule has 0 saturated carbocycles. The molecule has 3 nitrogen and oxygen atoms in total. The number of benzene rings is 1. The van der Waals surface area contributed by atoms with Gasteiger partial charge in [-0.15, -0.1) is 12.4 Å². The van der Waals surface area contributed by atoms with E-state index in [1.807, 2.05) is 0 Å². The lowest BCUT2D eigenvalue weighted by Gasteiger charge is -2.28. The van der Waals surface area contributed by atoms with Gasteiger partial charge in [0.15, 0.2) is 0 Å². The van der Waals surface area contributed by atoms with E-state index in [0.717, 1.165) is 19.4 Å². The molecule has 2 unspecified atom stereocenters. The van der Waals surface area contributed by atoms with Gasteiger partial charge in [0.25, 0.3) is 0 Å². The van der Waals surface area contributed by atoms with Gasteiger partial charge >= 0.3 is 0 Å². The zero-order chi connectivity index (χ0) is 15.4. The third-order valence-electron chi connectivity index (χ3n) is 5.21. The second-order valence-corrected chi connectivity index (χ2v) is 6.95. The molecule has 4 heteroatoms. The zero-order valence-corrected chi connectivity index (χ0v) is 14.8. The van der Waals surface area contributed by atoms with Gasteiger partial charge < -0.3 is 10.6 Å². The average molecular weight is 337 g/mol. The minimum Gasteiger partial charge on any atom is -0.356 e. The number of nitrogens with one attached hydrogen (secondary N) is 2. The molecule has 2 atom stereocenters. The zero-order valence-electron chi connectivity index (χ0n) is 14.0. The number of piperidine rings is 1. The summed E-state index contributed by atoms with van der Waals surface area (Å²) >= 11 is 0. The van der Waals surface area contributed by atoms with Gasteiger partial charge in [0.05, 0.1) is 0 Å². The SMILES string of the molecule is CCc1ccc(CCNC(=O)CC2CC3CCC(C2)N3)cc1.Cl. The summed E-state index contributed by atoms with van der Waals surface area (Å²) in [5, 5.41) is 6.73. The van der Waals surface area contributed by atoms with Crippen LogP contribution in [0.3, 0.4) is 0 Å². The van der Waals surface area contributed by atoms with E-state index in [1.165, 1.54) is 36.8 Å². The molecule has 1 aromatic carbocycles. The lowest BCUT2D eigenvalue weighted by Crippen LogP contribution is -2.39. The number of amides is 1. The first-order chi connectivity index (χ1) is 10.7. The Hall–Kier alpha value is -1.06. The third-order valence-corrected chi connectivity index (χ3v) is 5.21. The third kappa shape index (κ3) is 5.22. The van der Waals surface area contributed by atoms with Crippen LogP contribution >= 0.6 is 12.4 Å². The van der Waals surface area contributed by atoms with E-state index >= 15 is 0 Å². The van der Waals surface area contributed by atoms with E-state index < -0.39 is 0 Å². The molecule has 2 fully saturated rings. The Kier molecular flexibility index (Phi) is 6.91. The van der Waals surface area contributed by atoms with E-state index in [1.54, 1.807) is 0 Å². The van der Waals surface area contributed by atoms with Crippen molar-refractivity contribution in [2.24, 2.45) is 5.92 Å². The highest BCUT2D eigenvalue weighted by Crippen LogP contribution is 2.32. The summed E-state index contributed by atoms with van der Waals surface area (Å²) in [6, 6.07) is 10.1. The smallest absolute Gasteiger partial charge is 0.220 e. The highest BCUT2D eigenvalue weighted by molar-refractivity contribution is 5.85. The summed E-state index contributed by atoms with van der Waals surface area (Å²) in [4.78, 5) is 12.1. The largest absolute Gasteiger partial charge is 0.356 e. The molecule has 23 heavy (non-hydrogen) atoms. The standard InChI is InChI=1S/C19H28N2O.ClH/c1-2-14-3-5-15(6-4-14)9-10-20-19(22)13-16-11-17-7-8-18(12-16)21-17;/h3-6,16-18,21H,2,7-13H2,1H3,(H,20,22);1H. The molecule has 0 aliphatic carbocycles. The number of carbonyl (C=O) groups is 1. The van der Waals surface area contributed by atoms with Crippen LogP contribution in [-0.2, 0) is 17.6 Å². The Morgan fingerprint density at radius 3 is 2.35 bits per heavy atom. The molecule has 2 aliphatic heterocycles. The average Bonchev–Trinajstić information content (AvgIpc) is 2.87. The Labute approximate surface area is 146 Å². The fraction of sp³-hybridized carbons (Fsp3) is 0.632. The Bertz CT molecular complexity index is 491. The first-order valence-electron chi connectivity index (χ1n) is 8.83. The van der Waals surface area contributed by atoms with Crippen molar-refractivity contribution in [2.75, 3.05) is 6.54 Å². The lowest BCUT2D eigenvalue weighted by atomic mass is 9.89. The van der Waals surface area contributed by atoms with Crippen molar-refractivity contribution >= 4 is 18.3 Å². The van der Waals surface area contributed by atoms with Gasteiger partial charge in [0.2, 0.25) is 5.91 Å². The molecule has 3 rings (SSSR count). The lowest BCUT2D eigenvalue weighted by molar-refractivity contribution is -0.122. The summed E-state index contributed by atoms with van der Waals surface area (Å²) in [7, 11) is 0. The summed E-state index contributed by atoms with van der Waals surface area (Å²) in [6.07, 6.45) is 7.68. The van der Waals surface area contributed by atoms with Crippen molar-refractivity contribution in [3.05, 3.63) is 35.4 Å². The predicted molar refractivity (Wildman–Crippen MR) is 97.1 cm³/mol. The molecule has 128 valence electrons. The van der Waals surface area contributed by atoms with Crippen LogP contribution in [0.4, 0.5) is 0 Å². The van der Waals surface area contributed by atoms with Gasteiger partial charge in [-0.25, -0.2) is 0 Å². The van der Waals surface area contributed by atoms with Gasteiger partial charge in [-0.05, 0) is 55.6 Å². The van der Waals surface area contributed by atoms with Crippen molar-refractivity contribution in [3.63, 3.8) is 0 Å². The van der Waals surface area contributed by atoms with E-state index in [9.17, 15) is 4.79 Å². The maximum atomic E-state index is 12.1. The number of carbonyl (C=O) groups excluding carboxylic acids is 1. The number of aryl methyl sites for hydroxylation is 1. The van der Waals surface area contributed by atoms with E-state index in [0.29, 0.717) is 24.4 Å². The van der Waals surface area contributed by atoms with Crippen LogP contribution in [0, 0.1) is 5.92 Å². The first-order valence-corrected chi connectivity index (χ1v) is 8.83. The van der Waals surface area contributed by atoms with Gasteiger partial charge in [0.1, 0.15) is 0 Å². The second-order valence-electron chi connectivity index (χ2n) is 6.95. The van der Waals surface area contributed by atoms with Crippen LogP contribution in [0.5, 0.6) is 0 Å². The van der Waals surface area contributed by atoms with Crippen LogP contribution < -0.4 is 10.6 Å². The summed E-state index contributed by atoms with van der Waals surface area (Å²) < 4.78 is 0. The number of hydrogen-bond acceptors (Lipinski definition) is 2. The van der Waals surface area contributed by atoms with Gasteiger partial charge in [-0.2, -0.15) is 0 Å². The topological polar surface area (TPSA) is 41.1 Å². The van der Waals surface area contributed by atoms with Crippen LogP contribution in [0.15, 0.2) is 24.3 Å². The highest BCUT2D eigenvalue weighted by Gasteiger charge is 2.33. The van der Waals surface area contributed by atoms with E-state index in [-0.39, 0.29) is 18.3 Å². The van der Waals surface area contributed by atoms with Crippen molar-refractivity contribution in [3.8, 4) is 0 Å². The van der Waals surface area contributed by atoms with Gasteiger partial charge in [-0.3, -0.25) is 4.79 Å². The maximum absolute atomic E-state index is 12.1. The Balaban J connectivity index is 0.00000192. The summed E-state index contributed by atoms with van der Waals surface area (Å²) in [5.41, 5.74) is 2.67. The fourth-order valence-electron chi connectivity index (χ4n) is 3.96. The molecule has 2 aliphatic rings. The fourth-order valence-corrected chi connectivity index (χ4v) is 3.96. The highest BCUT2D eigenvalue weighted by atomic mass is 35.5. The minimum atomic E-state index is 0. The molecular weight excluding hydrogens is 308 g/mol. The molecular formula is C19H29ClN2O.